The summed E-state index contributed by atoms with van der Waals surface area (Å²) < 4.78 is 4.86. The first-order chi connectivity index (χ1) is 8.27. The van der Waals surface area contributed by atoms with Gasteiger partial charge in [0.1, 0.15) is 0 Å². The standard InChI is InChI=1S/C14H21NO2/c1-3-12-7-5-6-8-13(12)11-15-10-9-14(16)17-4-2/h5-8,15H,3-4,9-11H2,1-2H3. The Bertz CT molecular complexity index is 350. The predicted molar refractivity (Wildman–Crippen MR) is 68.8 cm³/mol. The smallest absolute Gasteiger partial charge is 0.307 e. The first kappa shape index (κ1) is 13.7. The second-order valence-electron chi connectivity index (χ2n) is 3.85. The van der Waals surface area contributed by atoms with Crippen LogP contribution >= 0.6 is 0 Å². The maximum Gasteiger partial charge on any atom is 0.307 e. The lowest BCUT2D eigenvalue weighted by molar-refractivity contribution is -0.142. The van der Waals surface area contributed by atoms with E-state index in [9.17, 15) is 4.79 Å². The van der Waals surface area contributed by atoms with Crippen LogP contribution in [0.5, 0.6) is 0 Å². The number of hydrogen-bond donors (Lipinski definition) is 1. The van der Waals surface area contributed by atoms with Crippen molar-refractivity contribution in [2.24, 2.45) is 0 Å². The second kappa shape index (κ2) is 7.85. The van der Waals surface area contributed by atoms with Crippen LogP contribution in [0.15, 0.2) is 24.3 Å². The third-order valence-electron chi connectivity index (χ3n) is 2.63. The number of benzene rings is 1. The third-order valence-corrected chi connectivity index (χ3v) is 2.63. The number of ether oxygens (including phenoxy) is 1. The number of carbonyl (C=O) groups excluding carboxylic acids is 1. The van der Waals surface area contributed by atoms with Gasteiger partial charge in [-0.2, -0.15) is 0 Å². The minimum atomic E-state index is -0.135. The van der Waals surface area contributed by atoms with Gasteiger partial charge in [0.2, 0.25) is 0 Å². The van der Waals surface area contributed by atoms with Crippen LogP contribution in [-0.4, -0.2) is 19.1 Å². The minimum absolute atomic E-state index is 0.135. The van der Waals surface area contributed by atoms with Crippen molar-refractivity contribution in [1.29, 1.82) is 0 Å². The molecule has 0 spiro atoms. The lowest BCUT2D eigenvalue weighted by Gasteiger charge is -2.08. The van der Waals surface area contributed by atoms with E-state index in [0.717, 1.165) is 13.0 Å². The van der Waals surface area contributed by atoms with Crippen molar-refractivity contribution in [3.8, 4) is 0 Å². The summed E-state index contributed by atoms with van der Waals surface area (Å²) in [5.74, 6) is -0.135. The van der Waals surface area contributed by atoms with Crippen LogP contribution in [0.3, 0.4) is 0 Å². The van der Waals surface area contributed by atoms with Gasteiger partial charge in [-0.3, -0.25) is 4.79 Å². The molecule has 0 unspecified atom stereocenters. The normalized spacial score (nSPS) is 10.2. The van der Waals surface area contributed by atoms with Crippen molar-refractivity contribution < 1.29 is 9.53 Å². The van der Waals surface area contributed by atoms with E-state index >= 15 is 0 Å². The van der Waals surface area contributed by atoms with Crippen molar-refractivity contribution in [3.63, 3.8) is 0 Å². The molecule has 0 saturated carbocycles. The van der Waals surface area contributed by atoms with Crippen LogP contribution in [-0.2, 0) is 22.5 Å². The van der Waals surface area contributed by atoms with Crippen molar-refractivity contribution in [3.05, 3.63) is 35.4 Å². The molecule has 3 nitrogen and oxygen atoms in total. The summed E-state index contributed by atoms with van der Waals surface area (Å²) >= 11 is 0. The molecule has 0 aliphatic carbocycles. The van der Waals surface area contributed by atoms with Gasteiger partial charge in [0.05, 0.1) is 13.0 Å². The fourth-order valence-corrected chi connectivity index (χ4v) is 1.72. The molecule has 1 rings (SSSR count). The molecule has 0 aliphatic rings. The van der Waals surface area contributed by atoms with Gasteiger partial charge in [0.25, 0.3) is 0 Å². The fraction of sp³-hybridized carbons (Fsp3) is 0.500. The lowest BCUT2D eigenvalue weighted by atomic mass is 10.1. The van der Waals surface area contributed by atoms with Gasteiger partial charge in [-0.25, -0.2) is 0 Å². The van der Waals surface area contributed by atoms with E-state index in [4.69, 9.17) is 4.74 Å². The highest BCUT2D eigenvalue weighted by Gasteiger charge is 2.02. The number of esters is 1. The molecule has 17 heavy (non-hydrogen) atoms. The zero-order chi connectivity index (χ0) is 12.5. The average molecular weight is 235 g/mol. The topological polar surface area (TPSA) is 38.3 Å². The molecule has 0 saturated heterocycles. The zero-order valence-corrected chi connectivity index (χ0v) is 10.7. The monoisotopic (exact) mass is 235 g/mol. The Kier molecular flexibility index (Phi) is 6.33. The average Bonchev–Trinajstić information content (AvgIpc) is 2.35. The molecule has 1 N–H and O–H groups in total. The van der Waals surface area contributed by atoms with Crippen LogP contribution < -0.4 is 5.32 Å². The van der Waals surface area contributed by atoms with Crippen LogP contribution in [0.2, 0.25) is 0 Å². The fourth-order valence-electron chi connectivity index (χ4n) is 1.72. The van der Waals surface area contributed by atoms with E-state index in [0.29, 0.717) is 19.6 Å². The Labute approximate surface area is 103 Å². The van der Waals surface area contributed by atoms with E-state index in [1.807, 2.05) is 13.0 Å². The molecular formula is C14H21NO2. The van der Waals surface area contributed by atoms with Gasteiger partial charge in [-0.15, -0.1) is 0 Å². The molecule has 0 heterocycles. The first-order valence-corrected chi connectivity index (χ1v) is 6.21. The van der Waals surface area contributed by atoms with E-state index in [1.54, 1.807) is 0 Å². The van der Waals surface area contributed by atoms with Crippen LogP contribution in [0, 0.1) is 0 Å². The molecule has 0 atom stereocenters. The Balaban J connectivity index is 2.28. The van der Waals surface area contributed by atoms with Crippen molar-refractivity contribution in [2.45, 2.75) is 33.2 Å². The molecule has 0 aromatic heterocycles. The molecule has 3 heteroatoms. The highest BCUT2D eigenvalue weighted by Crippen LogP contribution is 2.08. The van der Waals surface area contributed by atoms with Crippen LogP contribution in [0.4, 0.5) is 0 Å². The molecule has 0 bridgehead atoms. The molecule has 1 aromatic carbocycles. The van der Waals surface area contributed by atoms with Gasteiger partial charge in [-0.1, -0.05) is 31.2 Å². The Morgan fingerprint density at radius 3 is 2.59 bits per heavy atom. The molecule has 0 aliphatic heterocycles. The van der Waals surface area contributed by atoms with Gasteiger partial charge in [0, 0.05) is 13.1 Å². The lowest BCUT2D eigenvalue weighted by Crippen LogP contribution is -2.19. The van der Waals surface area contributed by atoms with E-state index < -0.39 is 0 Å². The largest absolute Gasteiger partial charge is 0.466 e. The molecule has 94 valence electrons. The van der Waals surface area contributed by atoms with E-state index in [-0.39, 0.29) is 5.97 Å². The quantitative estimate of drug-likeness (QED) is 0.582. The van der Waals surface area contributed by atoms with Crippen molar-refractivity contribution in [1.82, 2.24) is 5.32 Å². The van der Waals surface area contributed by atoms with Gasteiger partial charge >= 0.3 is 5.97 Å². The van der Waals surface area contributed by atoms with Crippen LogP contribution in [0.25, 0.3) is 0 Å². The van der Waals surface area contributed by atoms with E-state index in [1.165, 1.54) is 11.1 Å². The molecule has 0 radical (unpaired) electrons. The maximum atomic E-state index is 11.1. The molecular weight excluding hydrogens is 214 g/mol. The summed E-state index contributed by atoms with van der Waals surface area (Å²) in [6.45, 7) is 5.90. The summed E-state index contributed by atoms with van der Waals surface area (Å²) in [6, 6.07) is 8.36. The SMILES string of the molecule is CCOC(=O)CCNCc1ccccc1CC. The number of aryl methyl sites for hydroxylation is 1. The summed E-state index contributed by atoms with van der Waals surface area (Å²) in [4.78, 5) is 11.1. The first-order valence-electron chi connectivity index (χ1n) is 6.21. The van der Waals surface area contributed by atoms with Gasteiger partial charge in [0.15, 0.2) is 0 Å². The number of carbonyl (C=O) groups is 1. The van der Waals surface area contributed by atoms with Crippen LogP contribution in [0.1, 0.15) is 31.4 Å². The minimum Gasteiger partial charge on any atom is -0.466 e. The summed E-state index contributed by atoms with van der Waals surface area (Å²) in [6.07, 6.45) is 1.47. The van der Waals surface area contributed by atoms with Gasteiger partial charge in [-0.05, 0) is 24.5 Å². The van der Waals surface area contributed by atoms with Crippen molar-refractivity contribution >= 4 is 5.97 Å². The molecule has 0 amide bonds. The Morgan fingerprint density at radius 2 is 1.94 bits per heavy atom. The number of nitrogens with one attached hydrogen (secondary N) is 1. The summed E-state index contributed by atoms with van der Waals surface area (Å²) in [5.41, 5.74) is 2.66. The zero-order valence-electron chi connectivity index (χ0n) is 10.7. The van der Waals surface area contributed by atoms with Crippen molar-refractivity contribution in [2.75, 3.05) is 13.2 Å². The molecule has 1 aromatic rings. The highest BCUT2D eigenvalue weighted by molar-refractivity contribution is 5.69. The van der Waals surface area contributed by atoms with Gasteiger partial charge < -0.3 is 10.1 Å². The summed E-state index contributed by atoms with van der Waals surface area (Å²) in [7, 11) is 0. The second-order valence-corrected chi connectivity index (χ2v) is 3.85. The molecule has 0 fully saturated rings. The number of hydrogen-bond acceptors (Lipinski definition) is 3. The Morgan fingerprint density at radius 1 is 1.24 bits per heavy atom. The summed E-state index contributed by atoms with van der Waals surface area (Å²) in [5, 5.41) is 3.26. The maximum absolute atomic E-state index is 11.1. The third kappa shape index (κ3) is 5.00. The number of rotatable bonds is 7. The Hall–Kier alpha value is -1.35. The van der Waals surface area contributed by atoms with E-state index in [2.05, 4.69) is 30.4 Å². The predicted octanol–water partition coefficient (Wildman–Crippen LogP) is 2.29. The highest BCUT2D eigenvalue weighted by atomic mass is 16.5.